The van der Waals surface area contributed by atoms with Gasteiger partial charge in [0.2, 0.25) is 0 Å². The van der Waals surface area contributed by atoms with E-state index in [9.17, 15) is 39.5 Å². The molecule has 3 N–H and O–H groups in total. The first-order valence-corrected chi connectivity index (χ1v) is 14.3. The van der Waals surface area contributed by atoms with Gasteiger partial charge in [0.05, 0.1) is 12.3 Å². The van der Waals surface area contributed by atoms with Gasteiger partial charge in [-0.3, -0.25) is 14.8 Å². The summed E-state index contributed by atoms with van der Waals surface area (Å²) in [6, 6.07) is 8.99. The zero-order valence-electron chi connectivity index (χ0n) is 24.6. The van der Waals surface area contributed by atoms with Gasteiger partial charge in [0.1, 0.15) is 0 Å². The van der Waals surface area contributed by atoms with Gasteiger partial charge in [-0.15, -0.1) is 0 Å². The summed E-state index contributed by atoms with van der Waals surface area (Å²) in [6.45, 7) is 6.49. The van der Waals surface area contributed by atoms with E-state index in [4.69, 9.17) is 34.4 Å². The Morgan fingerprint density at radius 1 is 0.894 bits per heavy atom. The van der Waals surface area contributed by atoms with Crippen LogP contribution < -0.4 is 0 Å². The van der Waals surface area contributed by atoms with Gasteiger partial charge >= 0.3 is 36.4 Å². The van der Waals surface area contributed by atoms with Crippen molar-refractivity contribution in [3.05, 3.63) is 52.5 Å². The number of alkyl halides is 9. The average molecular weight is 714 g/mol. The molecule has 2 fully saturated rings. The van der Waals surface area contributed by atoms with Crippen LogP contribution in [0.25, 0.3) is 0 Å². The summed E-state index contributed by atoms with van der Waals surface area (Å²) >= 11 is 1.80. The van der Waals surface area contributed by atoms with Gasteiger partial charge in [0, 0.05) is 39.0 Å². The topological polar surface area (TPSA) is 140 Å². The molecular formula is C27H32F9N3O7S. The number of hydrogen-bond acceptors (Lipinski definition) is 8. The second-order valence-corrected chi connectivity index (χ2v) is 11.1. The maximum absolute atomic E-state index is 10.6. The minimum atomic E-state index is -5.08. The van der Waals surface area contributed by atoms with Crippen LogP contribution in [0.2, 0.25) is 0 Å². The maximum Gasteiger partial charge on any atom is 0.490 e. The van der Waals surface area contributed by atoms with Gasteiger partial charge in [-0.1, -0.05) is 6.07 Å². The molecule has 0 radical (unpaired) electrons. The molecule has 0 bridgehead atoms. The summed E-state index contributed by atoms with van der Waals surface area (Å²) < 4.78 is 101. The van der Waals surface area contributed by atoms with Gasteiger partial charge in [0.25, 0.3) is 0 Å². The molecule has 0 saturated carbocycles. The number of carbonyl (C=O) groups is 3. The lowest BCUT2D eigenvalue weighted by Gasteiger charge is -2.39. The lowest BCUT2D eigenvalue weighted by Crippen LogP contribution is -2.41. The molecule has 0 aromatic carbocycles. The molecule has 1 spiro atoms. The van der Waals surface area contributed by atoms with Crippen LogP contribution in [0.4, 0.5) is 39.5 Å². The Kier molecular flexibility index (Phi) is 16.0. The van der Waals surface area contributed by atoms with Gasteiger partial charge in [-0.05, 0) is 72.3 Å². The van der Waals surface area contributed by atoms with Crippen LogP contribution in [0.15, 0.2) is 41.2 Å². The number of methoxy groups -OCH3 is 1. The van der Waals surface area contributed by atoms with E-state index in [2.05, 4.69) is 43.7 Å². The number of nitrogens with zero attached hydrogens (tertiary/aromatic N) is 3. The first kappa shape index (κ1) is 41.5. The fourth-order valence-corrected chi connectivity index (χ4v) is 5.34. The fraction of sp³-hybridized carbons (Fsp3) is 0.556. The van der Waals surface area contributed by atoms with E-state index in [-0.39, 0.29) is 0 Å². The number of halogens is 9. The number of thiophene rings is 1. The summed E-state index contributed by atoms with van der Waals surface area (Å²) in [4.78, 5) is 36.5. The number of aromatic nitrogens is 1. The van der Waals surface area contributed by atoms with Crippen molar-refractivity contribution in [2.45, 2.75) is 56.9 Å². The lowest BCUT2D eigenvalue weighted by atomic mass is 9.76. The summed E-state index contributed by atoms with van der Waals surface area (Å²) in [6.07, 6.45) is -9.48. The summed E-state index contributed by atoms with van der Waals surface area (Å²) in [7, 11) is 1.83. The quantitative estimate of drug-likeness (QED) is 0.327. The van der Waals surface area contributed by atoms with Crippen molar-refractivity contribution in [2.24, 2.45) is 5.41 Å². The third kappa shape index (κ3) is 15.8. The smallest absolute Gasteiger partial charge is 0.475 e. The number of aliphatic carboxylic acids is 3. The van der Waals surface area contributed by atoms with Crippen molar-refractivity contribution in [1.82, 2.24) is 14.8 Å². The van der Waals surface area contributed by atoms with Gasteiger partial charge < -0.3 is 20.1 Å². The third-order valence-electron chi connectivity index (χ3n) is 6.80. The summed E-state index contributed by atoms with van der Waals surface area (Å²) in [5, 5.41) is 25.8. The number of carboxylic acids is 3. The van der Waals surface area contributed by atoms with E-state index in [0.29, 0.717) is 11.5 Å². The zero-order chi connectivity index (χ0) is 36.1. The van der Waals surface area contributed by atoms with Crippen LogP contribution in [-0.4, -0.2) is 106 Å². The van der Waals surface area contributed by atoms with E-state index < -0.39 is 36.4 Å². The van der Waals surface area contributed by atoms with Crippen LogP contribution in [0.3, 0.4) is 0 Å². The first-order chi connectivity index (χ1) is 21.6. The number of ether oxygens (including phenoxy) is 1. The minimum absolute atomic E-state index is 0.461. The van der Waals surface area contributed by atoms with Crippen LogP contribution >= 0.6 is 11.3 Å². The molecule has 2 aromatic heterocycles. The number of piperidine rings is 1. The van der Waals surface area contributed by atoms with Crippen LogP contribution in [0.5, 0.6) is 0 Å². The predicted octanol–water partition coefficient (Wildman–Crippen LogP) is 5.55. The SMILES string of the molecule is COCC1CC2(CCN(Cc3ccsc3)CC2)CN1Cc1ccccn1.O=C(O)C(F)(F)F.O=C(O)C(F)(F)F.O=C(O)C(F)(F)F. The predicted molar refractivity (Wildman–Crippen MR) is 147 cm³/mol. The van der Waals surface area contributed by atoms with Crippen molar-refractivity contribution in [3.8, 4) is 0 Å². The molecule has 2 aliphatic rings. The highest BCUT2D eigenvalue weighted by atomic mass is 32.1. The van der Waals surface area contributed by atoms with E-state index in [1.165, 1.54) is 50.2 Å². The average Bonchev–Trinajstić information content (AvgIpc) is 3.58. The molecule has 1 unspecified atom stereocenters. The lowest BCUT2D eigenvalue weighted by molar-refractivity contribution is -0.193. The van der Waals surface area contributed by atoms with Crippen molar-refractivity contribution >= 4 is 29.2 Å². The van der Waals surface area contributed by atoms with E-state index >= 15 is 0 Å². The van der Waals surface area contributed by atoms with Crippen molar-refractivity contribution in [2.75, 3.05) is 33.4 Å². The monoisotopic (exact) mass is 713 g/mol. The molecule has 2 saturated heterocycles. The van der Waals surface area contributed by atoms with Crippen LogP contribution in [-0.2, 0) is 32.2 Å². The number of rotatable bonds is 6. The zero-order valence-corrected chi connectivity index (χ0v) is 25.4. The molecule has 266 valence electrons. The van der Waals surface area contributed by atoms with E-state index in [1.807, 2.05) is 19.4 Å². The second-order valence-electron chi connectivity index (χ2n) is 10.4. The number of pyridine rings is 1. The Balaban J connectivity index is 0.000000430. The van der Waals surface area contributed by atoms with Gasteiger partial charge in [-0.2, -0.15) is 50.9 Å². The normalized spacial score (nSPS) is 18.1. The second kappa shape index (κ2) is 18.2. The summed E-state index contributed by atoms with van der Waals surface area (Å²) in [5.41, 5.74) is 3.09. The number of likely N-dealkylation sites (tertiary alicyclic amines) is 2. The first-order valence-electron chi connectivity index (χ1n) is 13.4. The number of hydrogen-bond donors (Lipinski definition) is 3. The molecule has 4 heterocycles. The highest BCUT2D eigenvalue weighted by molar-refractivity contribution is 7.07. The molecular weight excluding hydrogens is 681 g/mol. The molecule has 2 aromatic rings. The van der Waals surface area contributed by atoms with Gasteiger partial charge in [0.15, 0.2) is 0 Å². The van der Waals surface area contributed by atoms with Crippen LogP contribution in [0, 0.1) is 5.41 Å². The molecule has 4 rings (SSSR count). The van der Waals surface area contributed by atoms with E-state index in [0.717, 1.165) is 19.7 Å². The Morgan fingerprint density at radius 2 is 1.40 bits per heavy atom. The largest absolute Gasteiger partial charge is 0.490 e. The van der Waals surface area contributed by atoms with Crippen molar-refractivity contribution in [3.63, 3.8) is 0 Å². The third-order valence-corrected chi connectivity index (χ3v) is 7.54. The molecule has 2 aliphatic heterocycles. The van der Waals surface area contributed by atoms with Crippen LogP contribution in [0.1, 0.15) is 30.5 Å². The highest BCUT2D eigenvalue weighted by Gasteiger charge is 2.45. The fourth-order valence-electron chi connectivity index (χ4n) is 4.68. The Labute approximate surface area is 266 Å². The van der Waals surface area contributed by atoms with Crippen molar-refractivity contribution in [1.29, 1.82) is 0 Å². The standard InChI is InChI=1S/C21H29N3OS.3C2HF3O2/c1-25-15-20-12-21(17-24(20)14-19-4-2-3-8-22-19)6-9-23(10-7-21)13-18-5-11-26-16-18;3*3-2(4,5)1(6)7/h2-5,8,11,16,20H,6-7,9-10,12-15,17H2,1H3;3*(H,6,7). The molecule has 20 heteroatoms. The molecule has 47 heavy (non-hydrogen) atoms. The molecule has 10 nitrogen and oxygen atoms in total. The number of carboxylic acid groups (broad SMARTS) is 3. The molecule has 0 amide bonds. The Bertz CT molecular complexity index is 1180. The minimum Gasteiger partial charge on any atom is -0.475 e. The summed E-state index contributed by atoms with van der Waals surface area (Å²) in [5.74, 6) is -8.27. The molecule has 1 atom stereocenters. The Morgan fingerprint density at radius 3 is 1.79 bits per heavy atom. The molecule has 0 aliphatic carbocycles. The van der Waals surface area contributed by atoms with E-state index in [1.54, 1.807) is 11.3 Å². The maximum atomic E-state index is 10.6. The van der Waals surface area contributed by atoms with Gasteiger partial charge in [-0.25, -0.2) is 14.4 Å². The highest BCUT2D eigenvalue weighted by Crippen LogP contribution is 2.44. The Hall–Kier alpha value is -3.49. The van der Waals surface area contributed by atoms with Crippen molar-refractivity contribution < 1.29 is 74.0 Å².